The third-order valence-electron chi connectivity index (χ3n) is 5.70. The molecule has 3 heteroatoms. The molecule has 0 N–H and O–H groups in total. The monoisotopic (exact) mass is 357 g/mol. The van der Waals surface area contributed by atoms with Gasteiger partial charge in [-0.25, -0.2) is 4.98 Å². The molecule has 2 aromatic heterocycles. The molecule has 27 heavy (non-hydrogen) atoms. The number of hydrogen-bond donors (Lipinski definition) is 0. The van der Waals surface area contributed by atoms with Crippen molar-refractivity contribution in [3.63, 3.8) is 0 Å². The molecular weight excluding hydrogens is 330 g/mol. The molecule has 3 aromatic rings. The van der Waals surface area contributed by atoms with E-state index in [9.17, 15) is 0 Å². The van der Waals surface area contributed by atoms with Crippen molar-refractivity contribution in [2.24, 2.45) is 5.92 Å². The molecule has 3 nitrogen and oxygen atoms in total. The van der Waals surface area contributed by atoms with E-state index in [0.717, 1.165) is 33.6 Å². The van der Waals surface area contributed by atoms with Gasteiger partial charge in [-0.1, -0.05) is 44.6 Å². The summed E-state index contributed by atoms with van der Waals surface area (Å²) >= 11 is 0. The lowest BCUT2D eigenvalue weighted by Crippen LogP contribution is -2.33. The molecule has 0 aliphatic carbocycles. The Morgan fingerprint density at radius 3 is 2.63 bits per heavy atom. The molecule has 0 bridgehead atoms. The molecule has 1 aliphatic heterocycles. The molecule has 0 unspecified atom stereocenters. The minimum absolute atomic E-state index is 0.916. The first-order valence-corrected chi connectivity index (χ1v) is 10.0. The second-order valence-electron chi connectivity index (χ2n) is 7.46. The Labute approximate surface area is 161 Å². The van der Waals surface area contributed by atoms with Gasteiger partial charge >= 0.3 is 0 Å². The van der Waals surface area contributed by atoms with E-state index in [1.165, 1.54) is 44.5 Å². The van der Waals surface area contributed by atoms with Crippen LogP contribution in [0.25, 0.3) is 28.2 Å². The average molecular weight is 358 g/mol. The highest BCUT2D eigenvalue weighted by Crippen LogP contribution is 2.29. The zero-order valence-corrected chi connectivity index (χ0v) is 16.1. The third kappa shape index (κ3) is 3.73. The highest BCUT2D eigenvalue weighted by atomic mass is 15.1. The lowest BCUT2D eigenvalue weighted by atomic mass is 9.92. The van der Waals surface area contributed by atoms with Gasteiger partial charge in [-0.3, -0.25) is 4.98 Å². The van der Waals surface area contributed by atoms with E-state index in [1.807, 2.05) is 18.3 Å². The molecule has 1 saturated heterocycles. The summed E-state index contributed by atoms with van der Waals surface area (Å²) in [5, 5.41) is 1.04. The van der Waals surface area contributed by atoms with Crippen LogP contribution in [0, 0.1) is 5.92 Å². The molecule has 0 amide bonds. The van der Waals surface area contributed by atoms with Crippen molar-refractivity contribution in [1.29, 1.82) is 0 Å². The fourth-order valence-electron chi connectivity index (χ4n) is 4.14. The topological polar surface area (TPSA) is 29.0 Å². The summed E-state index contributed by atoms with van der Waals surface area (Å²) in [7, 11) is 0. The number of benzene rings is 1. The second-order valence-corrected chi connectivity index (χ2v) is 7.46. The molecule has 4 rings (SSSR count). The first-order valence-electron chi connectivity index (χ1n) is 10.0. The van der Waals surface area contributed by atoms with E-state index in [1.54, 1.807) is 6.20 Å². The van der Waals surface area contributed by atoms with Crippen molar-refractivity contribution in [3.05, 3.63) is 60.9 Å². The number of piperidine rings is 1. The highest BCUT2D eigenvalue weighted by Gasteiger charge is 2.18. The van der Waals surface area contributed by atoms with E-state index < -0.39 is 0 Å². The summed E-state index contributed by atoms with van der Waals surface area (Å²) in [6, 6.07) is 12.9. The van der Waals surface area contributed by atoms with E-state index in [2.05, 4.69) is 53.7 Å². The Bertz CT molecular complexity index is 922. The van der Waals surface area contributed by atoms with E-state index in [0.29, 0.717) is 0 Å². The first kappa shape index (κ1) is 17.7. The van der Waals surface area contributed by atoms with Gasteiger partial charge in [0.2, 0.25) is 0 Å². The third-order valence-corrected chi connectivity index (χ3v) is 5.70. The van der Waals surface area contributed by atoms with Crippen LogP contribution in [0.4, 0.5) is 5.69 Å². The molecule has 0 spiro atoms. The molecule has 138 valence electrons. The Kier molecular flexibility index (Phi) is 5.19. The number of pyridine rings is 2. The predicted molar refractivity (Wildman–Crippen MR) is 115 cm³/mol. The summed E-state index contributed by atoms with van der Waals surface area (Å²) in [4.78, 5) is 11.6. The zero-order valence-electron chi connectivity index (χ0n) is 16.1. The smallest absolute Gasteiger partial charge is 0.0746 e. The van der Waals surface area contributed by atoms with E-state index >= 15 is 0 Å². The standard InChI is InChI=1S/C24H27N3/c1-3-5-18-11-14-27(15-12-18)21-8-6-20(7-9-21)24-16-19(4-2)22-17-25-13-10-23(22)26-24/h4,6-10,13,16-18H,2-3,5,11-12,14-15H2,1H3. The maximum Gasteiger partial charge on any atom is 0.0746 e. The summed E-state index contributed by atoms with van der Waals surface area (Å²) < 4.78 is 0. The maximum absolute atomic E-state index is 4.83. The number of fused-ring (bicyclic) bond motifs is 1. The first-order chi connectivity index (χ1) is 13.3. The largest absolute Gasteiger partial charge is 0.372 e. The Balaban J connectivity index is 1.56. The molecular formula is C24H27N3. The van der Waals surface area contributed by atoms with Crippen LogP contribution < -0.4 is 4.90 Å². The van der Waals surface area contributed by atoms with Gasteiger partial charge in [0.25, 0.3) is 0 Å². The normalized spacial score (nSPS) is 15.2. The molecule has 0 atom stereocenters. The molecule has 1 aliphatic rings. The number of aromatic nitrogens is 2. The van der Waals surface area contributed by atoms with Gasteiger partial charge in [-0.15, -0.1) is 0 Å². The molecule has 1 aromatic carbocycles. The van der Waals surface area contributed by atoms with Gasteiger partial charge < -0.3 is 4.90 Å². The van der Waals surface area contributed by atoms with Gasteiger partial charge in [0, 0.05) is 42.1 Å². The Morgan fingerprint density at radius 1 is 1.15 bits per heavy atom. The van der Waals surface area contributed by atoms with Crippen LogP contribution in [0.3, 0.4) is 0 Å². The van der Waals surface area contributed by atoms with Crippen molar-refractivity contribution in [2.45, 2.75) is 32.6 Å². The van der Waals surface area contributed by atoms with Crippen molar-refractivity contribution >= 4 is 22.7 Å². The van der Waals surface area contributed by atoms with Crippen LogP contribution in [-0.4, -0.2) is 23.1 Å². The van der Waals surface area contributed by atoms with E-state index in [4.69, 9.17) is 4.98 Å². The van der Waals surface area contributed by atoms with Crippen LogP contribution in [0.5, 0.6) is 0 Å². The van der Waals surface area contributed by atoms with Crippen LogP contribution >= 0.6 is 0 Å². The van der Waals surface area contributed by atoms with Crippen molar-refractivity contribution in [3.8, 4) is 11.3 Å². The maximum atomic E-state index is 4.83. The summed E-state index contributed by atoms with van der Waals surface area (Å²) in [5.74, 6) is 0.916. The zero-order chi connectivity index (χ0) is 18.6. The quantitative estimate of drug-likeness (QED) is 0.564. The lowest BCUT2D eigenvalue weighted by molar-refractivity contribution is 0.378. The number of anilines is 1. The van der Waals surface area contributed by atoms with Gasteiger partial charge in [0.1, 0.15) is 0 Å². The van der Waals surface area contributed by atoms with Crippen molar-refractivity contribution in [2.75, 3.05) is 18.0 Å². The second kappa shape index (κ2) is 7.91. The van der Waals surface area contributed by atoms with Gasteiger partial charge in [-0.05, 0) is 48.6 Å². The minimum atomic E-state index is 0.916. The van der Waals surface area contributed by atoms with Crippen molar-refractivity contribution in [1.82, 2.24) is 9.97 Å². The number of hydrogen-bond acceptors (Lipinski definition) is 3. The molecule has 3 heterocycles. The predicted octanol–water partition coefficient (Wildman–Crippen LogP) is 5.96. The molecule has 0 saturated carbocycles. The van der Waals surface area contributed by atoms with Gasteiger partial charge in [0.05, 0.1) is 11.2 Å². The summed E-state index contributed by atoms with van der Waals surface area (Å²) in [5.41, 5.74) is 5.48. The Morgan fingerprint density at radius 2 is 1.93 bits per heavy atom. The lowest BCUT2D eigenvalue weighted by Gasteiger charge is -2.33. The molecule has 0 radical (unpaired) electrons. The van der Waals surface area contributed by atoms with Crippen LogP contribution in [0.1, 0.15) is 38.2 Å². The number of nitrogens with zero attached hydrogens (tertiary/aromatic N) is 3. The fourth-order valence-corrected chi connectivity index (χ4v) is 4.14. The summed E-state index contributed by atoms with van der Waals surface area (Å²) in [6.07, 6.45) is 10.8. The fraction of sp³-hybridized carbons (Fsp3) is 0.333. The molecule has 1 fully saturated rings. The number of rotatable bonds is 5. The SMILES string of the molecule is C=Cc1cc(-c2ccc(N3CCC(CCC)CC3)cc2)nc2ccncc12. The minimum Gasteiger partial charge on any atom is -0.372 e. The van der Waals surface area contributed by atoms with Crippen molar-refractivity contribution < 1.29 is 0 Å². The van der Waals surface area contributed by atoms with Gasteiger partial charge in [-0.2, -0.15) is 0 Å². The Hall–Kier alpha value is -2.68. The summed E-state index contributed by atoms with van der Waals surface area (Å²) in [6.45, 7) is 8.58. The van der Waals surface area contributed by atoms with Gasteiger partial charge in [0.15, 0.2) is 0 Å². The van der Waals surface area contributed by atoms with Crippen LogP contribution in [0.15, 0.2) is 55.4 Å². The van der Waals surface area contributed by atoms with Crippen LogP contribution in [-0.2, 0) is 0 Å². The average Bonchev–Trinajstić information content (AvgIpc) is 2.74. The van der Waals surface area contributed by atoms with E-state index in [-0.39, 0.29) is 0 Å². The highest BCUT2D eigenvalue weighted by molar-refractivity contribution is 5.89. The van der Waals surface area contributed by atoms with Crippen LogP contribution in [0.2, 0.25) is 0 Å².